The number of rotatable bonds is 7. The van der Waals surface area contributed by atoms with E-state index in [9.17, 15) is 0 Å². The molecule has 0 amide bonds. The molecule has 3 aromatic carbocycles. The van der Waals surface area contributed by atoms with Gasteiger partial charge in [0.25, 0.3) is 0 Å². The molecule has 0 spiro atoms. The molecule has 0 N–H and O–H groups in total. The van der Waals surface area contributed by atoms with Gasteiger partial charge in [0, 0.05) is 58.8 Å². The van der Waals surface area contributed by atoms with Gasteiger partial charge in [-0.3, -0.25) is 24.9 Å². The van der Waals surface area contributed by atoms with Gasteiger partial charge in [0.15, 0.2) is 0 Å². The van der Waals surface area contributed by atoms with Gasteiger partial charge in [-0.25, -0.2) is 0 Å². The van der Waals surface area contributed by atoms with E-state index >= 15 is 0 Å². The first-order chi connectivity index (χ1) is 23.8. The Kier molecular flexibility index (Phi) is 7.83. The highest BCUT2D eigenvalue weighted by Crippen LogP contribution is 2.45. The second-order valence-corrected chi connectivity index (χ2v) is 11.3. The number of hydrogen-bond donors (Lipinski definition) is 0. The van der Waals surface area contributed by atoms with E-state index in [1.165, 1.54) is 0 Å². The quantitative estimate of drug-likeness (QED) is 0.178. The Bertz CT molecular complexity index is 2010. The lowest BCUT2D eigenvalue weighted by Gasteiger charge is -2.20. The first-order valence-corrected chi connectivity index (χ1v) is 15.8. The van der Waals surface area contributed by atoms with Crippen LogP contribution in [0.5, 0.6) is 0 Å². The maximum Gasteiger partial charge on any atom is 0.0715 e. The van der Waals surface area contributed by atoms with Crippen LogP contribution in [0.2, 0.25) is 0 Å². The van der Waals surface area contributed by atoms with Gasteiger partial charge < -0.3 is 0 Å². The molecule has 0 radical (unpaired) electrons. The summed E-state index contributed by atoms with van der Waals surface area (Å²) in [6.07, 6.45) is 9.18. The summed E-state index contributed by atoms with van der Waals surface area (Å²) in [5.41, 5.74) is 13.5. The number of aromatic nitrogens is 5. The smallest absolute Gasteiger partial charge is 0.0715 e. The molecular formula is C43H29N5. The summed E-state index contributed by atoms with van der Waals surface area (Å²) in [5.74, 6) is 0. The molecule has 5 heterocycles. The van der Waals surface area contributed by atoms with Gasteiger partial charge in [0.05, 0.1) is 28.5 Å². The van der Waals surface area contributed by atoms with Crippen molar-refractivity contribution in [1.29, 1.82) is 0 Å². The first kappa shape index (κ1) is 28.9. The van der Waals surface area contributed by atoms with Gasteiger partial charge in [-0.2, -0.15) is 0 Å². The second kappa shape index (κ2) is 13.0. The van der Waals surface area contributed by atoms with Crippen molar-refractivity contribution in [2.24, 2.45) is 0 Å². The van der Waals surface area contributed by atoms with Crippen LogP contribution in [-0.2, 0) is 0 Å². The fourth-order valence-corrected chi connectivity index (χ4v) is 6.21. The molecule has 5 aromatic heterocycles. The molecule has 5 heteroatoms. The lowest BCUT2D eigenvalue weighted by molar-refractivity contribution is 1.28. The summed E-state index contributed by atoms with van der Waals surface area (Å²) in [7, 11) is 0. The minimum absolute atomic E-state index is 0.856. The van der Waals surface area contributed by atoms with E-state index < -0.39 is 0 Å². The molecule has 0 bridgehead atoms. The van der Waals surface area contributed by atoms with Crippen LogP contribution in [0.1, 0.15) is 0 Å². The van der Waals surface area contributed by atoms with Crippen molar-refractivity contribution < 1.29 is 0 Å². The van der Waals surface area contributed by atoms with Crippen LogP contribution in [0.25, 0.3) is 78.5 Å². The summed E-state index contributed by atoms with van der Waals surface area (Å²) in [6, 6.07) is 49.5. The zero-order valence-corrected chi connectivity index (χ0v) is 26.0. The van der Waals surface area contributed by atoms with Crippen LogP contribution in [0.4, 0.5) is 0 Å². The van der Waals surface area contributed by atoms with Crippen molar-refractivity contribution in [3.05, 3.63) is 177 Å². The molecule has 48 heavy (non-hydrogen) atoms. The monoisotopic (exact) mass is 615 g/mol. The zero-order chi connectivity index (χ0) is 32.1. The van der Waals surface area contributed by atoms with Crippen LogP contribution in [0, 0.1) is 0 Å². The Morgan fingerprint density at radius 3 is 0.917 bits per heavy atom. The van der Waals surface area contributed by atoms with Crippen molar-refractivity contribution in [3.8, 4) is 78.5 Å². The third kappa shape index (κ3) is 5.65. The number of benzene rings is 3. The largest absolute Gasteiger partial charge is 0.256 e. The van der Waals surface area contributed by atoms with E-state index in [0.29, 0.717) is 0 Å². The van der Waals surface area contributed by atoms with Crippen molar-refractivity contribution in [2.45, 2.75) is 0 Å². The molecule has 0 saturated heterocycles. The maximum absolute atomic E-state index is 4.83. The van der Waals surface area contributed by atoms with E-state index in [1.54, 1.807) is 0 Å². The number of nitrogens with zero attached hydrogens (tertiary/aromatic N) is 5. The molecule has 0 saturated carbocycles. The van der Waals surface area contributed by atoms with Gasteiger partial charge in [-0.1, -0.05) is 60.7 Å². The Morgan fingerprint density at radius 1 is 0.250 bits per heavy atom. The Balaban J connectivity index is 1.48. The number of pyridine rings is 5. The SMILES string of the molecule is c1ccc(-c2cc(-c3cc(-c4ccccn4)c(-c4ccccn4)c(-c4ccccn4)c3)cc(-c3ccccn3)c2-c2ccccn2)cc1. The number of hydrogen-bond acceptors (Lipinski definition) is 5. The van der Waals surface area contributed by atoms with Gasteiger partial charge in [0.1, 0.15) is 0 Å². The summed E-state index contributed by atoms with van der Waals surface area (Å²) in [4.78, 5) is 24.1. The summed E-state index contributed by atoms with van der Waals surface area (Å²) >= 11 is 0. The summed E-state index contributed by atoms with van der Waals surface area (Å²) in [6.45, 7) is 0. The predicted octanol–water partition coefficient (Wildman–Crippen LogP) is 10.3. The van der Waals surface area contributed by atoms with Crippen LogP contribution in [-0.4, -0.2) is 24.9 Å². The molecule has 8 rings (SSSR count). The van der Waals surface area contributed by atoms with Crippen LogP contribution in [0.15, 0.2) is 177 Å². The molecule has 0 unspecified atom stereocenters. The molecule has 0 aliphatic rings. The standard InChI is InChI=1S/C43H29N5/c1-2-14-30(15-3-1)33-26-31(27-34(37-16-4-9-21-44-37)42(33)40-19-7-12-24-47-40)32-28-35(38-17-5-10-22-45-38)43(41-20-8-13-25-48-41)36(29-32)39-18-6-11-23-46-39/h1-29H. The molecule has 226 valence electrons. The average Bonchev–Trinajstić information content (AvgIpc) is 3.19. The van der Waals surface area contributed by atoms with E-state index in [4.69, 9.17) is 24.9 Å². The third-order valence-corrected chi connectivity index (χ3v) is 8.36. The molecule has 0 aliphatic carbocycles. The average molecular weight is 616 g/mol. The highest BCUT2D eigenvalue weighted by molar-refractivity contribution is 5.99. The van der Waals surface area contributed by atoms with Gasteiger partial charge in [0.2, 0.25) is 0 Å². The van der Waals surface area contributed by atoms with Gasteiger partial charge in [-0.05, 0) is 107 Å². The Morgan fingerprint density at radius 2 is 0.562 bits per heavy atom. The maximum atomic E-state index is 4.83. The Hall–Kier alpha value is -6.59. The molecule has 0 fully saturated rings. The lowest BCUT2D eigenvalue weighted by atomic mass is 9.85. The minimum atomic E-state index is 0.856. The molecule has 8 aromatic rings. The topological polar surface area (TPSA) is 64.5 Å². The fraction of sp³-hybridized carbons (Fsp3) is 0. The Labute approximate surface area is 279 Å². The van der Waals surface area contributed by atoms with Crippen LogP contribution >= 0.6 is 0 Å². The molecule has 0 aliphatic heterocycles. The van der Waals surface area contributed by atoms with Crippen molar-refractivity contribution in [3.63, 3.8) is 0 Å². The zero-order valence-electron chi connectivity index (χ0n) is 26.0. The third-order valence-electron chi connectivity index (χ3n) is 8.36. The highest BCUT2D eigenvalue weighted by Gasteiger charge is 2.22. The second-order valence-electron chi connectivity index (χ2n) is 11.3. The van der Waals surface area contributed by atoms with Crippen molar-refractivity contribution in [1.82, 2.24) is 24.9 Å². The highest BCUT2D eigenvalue weighted by atomic mass is 14.7. The summed E-state index contributed by atoms with van der Waals surface area (Å²) < 4.78 is 0. The van der Waals surface area contributed by atoms with E-state index in [-0.39, 0.29) is 0 Å². The molecule has 5 nitrogen and oxygen atoms in total. The lowest BCUT2D eigenvalue weighted by Crippen LogP contribution is -1.98. The predicted molar refractivity (Wildman–Crippen MR) is 193 cm³/mol. The molecular weight excluding hydrogens is 587 g/mol. The molecule has 0 atom stereocenters. The van der Waals surface area contributed by atoms with Crippen molar-refractivity contribution in [2.75, 3.05) is 0 Å². The van der Waals surface area contributed by atoms with E-state index in [1.807, 2.05) is 116 Å². The van der Waals surface area contributed by atoms with Gasteiger partial charge >= 0.3 is 0 Å². The van der Waals surface area contributed by atoms with Crippen LogP contribution < -0.4 is 0 Å². The van der Waals surface area contributed by atoms with E-state index in [0.717, 1.165) is 78.5 Å². The van der Waals surface area contributed by atoms with Crippen molar-refractivity contribution >= 4 is 0 Å². The van der Waals surface area contributed by atoms with Gasteiger partial charge in [-0.15, -0.1) is 0 Å². The minimum Gasteiger partial charge on any atom is -0.256 e. The first-order valence-electron chi connectivity index (χ1n) is 15.8. The fourth-order valence-electron chi connectivity index (χ4n) is 6.21. The summed E-state index contributed by atoms with van der Waals surface area (Å²) in [5, 5.41) is 0. The normalized spacial score (nSPS) is 10.9. The van der Waals surface area contributed by atoms with Crippen LogP contribution in [0.3, 0.4) is 0 Å². The van der Waals surface area contributed by atoms with E-state index in [2.05, 4.69) is 60.7 Å².